The second-order valence-corrected chi connectivity index (χ2v) is 8.67. The van der Waals surface area contributed by atoms with E-state index in [1.54, 1.807) is 12.3 Å². The average molecular weight is 466 g/mol. The van der Waals surface area contributed by atoms with Crippen LogP contribution in [0.4, 0.5) is 0 Å². The SMILES string of the molecule is CC(C)CN1C(=S)N[C@@H](c2ccccn2)[C@@H]1c1ccc(-c2cc(C(=O)O)cc(C(=O)O)c2)o1. The molecule has 33 heavy (non-hydrogen) atoms. The summed E-state index contributed by atoms with van der Waals surface area (Å²) in [6.07, 6.45) is 1.72. The molecule has 0 radical (unpaired) electrons. The number of carboxylic acid groups (broad SMARTS) is 2. The lowest BCUT2D eigenvalue weighted by Gasteiger charge is -2.27. The first-order valence-electron chi connectivity index (χ1n) is 10.4. The molecule has 0 bridgehead atoms. The molecule has 3 N–H and O–H groups in total. The molecule has 8 nitrogen and oxygen atoms in total. The van der Waals surface area contributed by atoms with Crippen LogP contribution in [0.5, 0.6) is 0 Å². The number of rotatable bonds is 7. The van der Waals surface area contributed by atoms with Gasteiger partial charge in [0.05, 0.1) is 22.9 Å². The van der Waals surface area contributed by atoms with Gasteiger partial charge in [0.2, 0.25) is 0 Å². The zero-order chi connectivity index (χ0) is 23.7. The molecule has 1 saturated heterocycles. The van der Waals surface area contributed by atoms with Crippen molar-refractivity contribution in [1.29, 1.82) is 0 Å². The quantitative estimate of drug-likeness (QED) is 0.438. The second kappa shape index (κ2) is 9.03. The maximum atomic E-state index is 11.5. The van der Waals surface area contributed by atoms with Gasteiger partial charge >= 0.3 is 11.9 Å². The van der Waals surface area contributed by atoms with Crippen LogP contribution in [0.3, 0.4) is 0 Å². The molecule has 1 aliphatic heterocycles. The Morgan fingerprint density at radius 1 is 1.12 bits per heavy atom. The van der Waals surface area contributed by atoms with Crippen molar-refractivity contribution in [1.82, 2.24) is 15.2 Å². The second-order valence-electron chi connectivity index (χ2n) is 8.28. The van der Waals surface area contributed by atoms with Crippen molar-refractivity contribution >= 4 is 29.3 Å². The van der Waals surface area contributed by atoms with Gasteiger partial charge in [-0.3, -0.25) is 4.98 Å². The summed E-state index contributed by atoms with van der Waals surface area (Å²) in [6.45, 7) is 4.91. The molecule has 0 amide bonds. The minimum Gasteiger partial charge on any atom is -0.478 e. The fourth-order valence-electron chi connectivity index (χ4n) is 3.99. The van der Waals surface area contributed by atoms with Crippen molar-refractivity contribution in [2.75, 3.05) is 6.54 Å². The third-order valence-electron chi connectivity index (χ3n) is 5.39. The molecule has 1 aliphatic rings. The highest BCUT2D eigenvalue weighted by molar-refractivity contribution is 7.80. The highest BCUT2D eigenvalue weighted by Gasteiger charge is 2.41. The average Bonchev–Trinajstić information content (AvgIpc) is 3.39. The van der Waals surface area contributed by atoms with Crippen LogP contribution < -0.4 is 5.32 Å². The lowest BCUT2D eigenvalue weighted by Crippen LogP contribution is -2.32. The van der Waals surface area contributed by atoms with Crippen molar-refractivity contribution in [3.05, 3.63) is 77.3 Å². The van der Waals surface area contributed by atoms with Gasteiger partial charge in [-0.05, 0) is 60.6 Å². The van der Waals surface area contributed by atoms with Gasteiger partial charge < -0.3 is 24.8 Å². The molecule has 0 spiro atoms. The standard InChI is InChI=1S/C24H23N3O5S/c1-13(2)12-27-21(20(26-24(27)33)17-5-3-4-8-25-17)19-7-6-18(32-19)14-9-15(22(28)29)11-16(10-14)23(30)31/h3-11,13,20-21H,12H2,1-2H3,(H,26,33)(H,28,29)(H,30,31)/t20-,21-/m0/s1. The highest BCUT2D eigenvalue weighted by Crippen LogP contribution is 2.40. The van der Waals surface area contributed by atoms with Crippen molar-refractivity contribution < 1.29 is 24.2 Å². The molecule has 3 heterocycles. The molecule has 3 aromatic rings. The highest BCUT2D eigenvalue weighted by atomic mass is 32.1. The molecule has 0 unspecified atom stereocenters. The van der Waals surface area contributed by atoms with Gasteiger partial charge in [-0.2, -0.15) is 0 Å². The zero-order valence-electron chi connectivity index (χ0n) is 18.1. The summed E-state index contributed by atoms with van der Waals surface area (Å²) in [6, 6.07) is 12.6. The van der Waals surface area contributed by atoms with Crippen LogP contribution in [0, 0.1) is 5.92 Å². The van der Waals surface area contributed by atoms with Gasteiger partial charge in [-0.25, -0.2) is 9.59 Å². The van der Waals surface area contributed by atoms with E-state index in [9.17, 15) is 19.8 Å². The first-order valence-corrected chi connectivity index (χ1v) is 10.8. The Labute approximate surface area is 195 Å². The number of pyridine rings is 1. The Bertz CT molecular complexity index is 1180. The molecular formula is C24H23N3O5S. The fourth-order valence-corrected chi connectivity index (χ4v) is 4.30. The Morgan fingerprint density at radius 2 is 1.82 bits per heavy atom. The van der Waals surface area contributed by atoms with E-state index in [0.29, 0.717) is 34.7 Å². The fraction of sp³-hybridized carbons (Fsp3) is 0.250. The van der Waals surface area contributed by atoms with Crippen molar-refractivity contribution in [3.8, 4) is 11.3 Å². The molecule has 2 atom stereocenters. The Kier molecular flexibility index (Phi) is 6.15. The number of nitrogens with zero attached hydrogens (tertiary/aromatic N) is 2. The number of nitrogens with one attached hydrogen (secondary N) is 1. The van der Waals surface area contributed by atoms with Crippen LogP contribution in [0.25, 0.3) is 11.3 Å². The van der Waals surface area contributed by atoms with Gasteiger partial charge in [0.15, 0.2) is 5.11 Å². The molecular weight excluding hydrogens is 442 g/mol. The Morgan fingerprint density at radius 3 is 2.39 bits per heavy atom. The summed E-state index contributed by atoms with van der Waals surface area (Å²) in [5.74, 6) is -1.09. The predicted molar refractivity (Wildman–Crippen MR) is 125 cm³/mol. The van der Waals surface area contributed by atoms with Crippen molar-refractivity contribution in [2.24, 2.45) is 5.92 Å². The molecule has 1 fully saturated rings. The summed E-state index contributed by atoms with van der Waals surface area (Å²) in [5, 5.41) is 22.7. The van der Waals surface area contributed by atoms with Gasteiger partial charge in [0, 0.05) is 18.3 Å². The first kappa shape index (κ1) is 22.5. The van der Waals surface area contributed by atoms with Crippen LogP contribution in [0.2, 0.25) is 0 Å². The van der Waals surface area contributed by atoms with Crippen LogP contribution >= 0.6 is 12.2 Å². The molecule has 2 aromatic heterocycles. The lowest BCUT2D eigenvalue weighted by atomic mass is 10.0. The molecule has 170 valence electrons. The van der Waals surface area contributed by atoms with Gasteiger partial charge in [0.25, 0.3) is 0 Å². The summed E-state index contributed by atoms with van der Waals surface area (Å²) < 4.78 is 6.18. The molecule has 0 aliphatic carbocycles. The van der Waals surface area contributed by atoms with E-state index in [0.717, 1.165) is 11.8 Å². The number of hydrogen-bond donors (Lipinski definition) is 3. The number of benzene rings is 1. The van der Waals surface area contributed by atoms with E-state index in [2.05, 4.69) is 29.0 Å². The third kappa shape index (κ3) is 4.58. The number of aromatic carboxylic acids is 2. The van der Waals surface area contributed by atoms with E-state index in [4.69, 9.17) is 16.6 Å². The number of hydrogen-bond acceptors (Lipinski definition) is 5. The van der Waals surface area contributed by atoms with Crippen LogP contribution in [-0.2, 0) is 0 Å². The predicted octanol–water partition coefficient (Wildman–Crippen LogP) is 4.37. The maximum absolute atomic E-state index is 11.5. The van der Waals surface area contributed by atoms with E-state index >= 15 is 0 Å². The van der Waals surface area contributed by atoms with Crippen molar-refractivity contribution in [3.63, 3.8) is 0 Å². The summed E-state index contributed by atoms with van der Waals surface area (Å²) in [5.41, 5.74) is 0.936. The minimum absolute atomic E-state index is 0.126. The third-order valence-corrected chi connectivity index (χ3v) is 5.74. The van der Waals surface area contributed by atoms with E-state index in [1.807, 2.05) is 24.3 Å². The maximum Gasteiger partial charge on any atom is 0.335 e. The molecule has 9 heteroatoms. The molecule has 0 saturated carbocycles. The van der Waals surface area contributed by atoms with Crippen molar-refractivity contribution in [2.45, 2.75) is 25.9 Å². The van der Waals surface area contributed by atoms with E-state index in [-0.39, 0.29) is 23.2 Å². The van der Waals surface area contributed by atoms with E-state index < -0.39 is 11.9 Å². The van der Waals surface area contributed by atoms with Crippen LogP contribution in [-0.4, -0.2) is 43.7 Å². The summed E-state index contributed by atoms with van der Waals surface area (Å²) >= 11 is 5.62. The van der Waals surface area contributed by atoms with Gasteiger partial charge in [0.1, 0.15) is 17.6 Å². The number of thiocarbonyl (C=S) groups is 1. The number of furan rings is 1. The normalized spacial score (nSPS) is 17.9. The monoisotopic (exact) mass is 465 g/mol. The number of carbonyl (C=O) groups is 2. The summed E-state index contributed by atoms with van der Waals surface area (Å²) in [4.78, 5) is 29.5. The molecule has 1 aromatic carbocycles. The Hall–Kier alpha value is -3.72. The van der Waals surface area contributed by atoms with Crippen LogP contribution in [0.1, 0.15) is 58.1 Å². The smallest absolute Gasteiger partial charge is 0.335 e. The molecule has 4 rings (SSSR count). The number of aromatic nitrogens is 1. The summed E-state index contributed by atoms with van der Waals surface area (Å²) in [7, 11) is 0. The van der Waals surface area contributed by atoms with E-state index in [1.165, 1.54) is 12.1 Å². The lowest BCUT2D eigenvalue weighted by molar-refractivity contribution is 0.0696. The Balaban J connectivity index is 1.77. The van der Waals surface area contributed by atoms with Gasteiger partial charge in [-0.15, -0.1) is 0 Å². The largest absolute Gasteiger partial charge is 0.478 e. The first-order chi connectivity index (χ1) is 15.7. The number of carboxylic acids is 2. The zero-order valence-corrected chi connectivity index (χ0v) is 18.9. The topological polar surface area (TPSA) is 116 Å². The minimum atomic E-state index is -1.21. The van der Waals surface area contributed by atoms with Gasteiger partial charge in [-0.1, -0.05) is 19.9 Å². The van der Waals surface area contributed by atoms with Crippen LogP contribution in [0.15, 0.2) is 59.1 Å².